The summed E-state index contributed by atoms with van der Waals surface area (Å²) in [6.07, 6.45) is -12.0. The van der Waals surface area contributed by atoms with Gasteiger partial charge in [0.25, 0.3) is 5.79 Å². The van der Waals surface area contributed by atoms with Crippen LogP contribution < -0.4 is 0 Å². The Morgan fingerprint density at radius 1 is 0.952 bits per heavy atom. The maximum absolute atomic E-state index is 11.3. The molecule has 21 heavy (non-hydrogen) atoms. The van der Waals surface area contributed by atoms with Crippen molar-refractivity contribution >= 4 is 20.8 Å². The Morgan fingerprint density at radius 3 is 2.10 bits per heavy atom. The van der Waals surface area contributed by atoms with Gasteiger partial charge >= 0.3 is 20.8 Å². The van der Waals surface area contributed by atoms with Gasteiger partial charge in [-0.15, -0.1) is 3.63 Å². The molecular weight excluding hydrogens is 344 g/mol. The fourth-order valence-electron chi connectivity index (χ4n) is 1.69. The Hall–Kier alpha value is -0.460. The van der Waals surface area contributed by atoms with E-state index in [1.54, 1.807) is 0 Å². The van der Waals surface area contributed by atoms with E-state index in [0.717, 1.165) is 0 Å². The van der Waals surface area contributed by atoms with Crippen LogP contribution in [0, 0.1) is 0 Å². The van der Waals surface area contributed by atoms with Gasteiger partial charge in [0.05, 0.1) is 0 Å². The zero-order valence-electron chi connectivity index (χ0n) is 9.71. The number of aliphatic hydroxyl groups is 5. The summed E-state index contributed by atoms with van der Waals surface area (Å²) in [6.45, 7) is 0. The molecule has 0 aromatic heterocycles. The minimum atomic E-state index is -5.58. The van der Waals surface area contributed by atoms with Gasteiger partial charge in [-0.05, 0) is 0 Å². The molecule has 0 aliphatic carbocycles. The van der Waals surface area contributed by atoms with Crippen LogP contribution in [-0.2, 0) is 37.5 Å². The molecule has 3 rings (SSSR count). The molecule has 0 radical (unpaired) electrons. The van der Waals surface area contributed by atoms with Gasteiger partial charge in [0.1, 0.15) is 18.3 Å². The molecular formula is C6H10O13S2. The highest BCUT2D eigenvalue weighted by atomic mass is 32.3. The molecule has 3 aliphatic heterocycles. The molecule has 124 valence electrons. The summed E-state index contributed by atoms with van der Waals surface area (Å²) in [7, 11) is -11.0. The summed E-state index contributed by atoms with van der Waals surface area (Å²) < 4.78 is 60.4. The minimum Gasteiger partial charge on any atom is -0.387 e. The molecule has 6 atom stereocenters. The van der Waals surface area contributed by atoms with E-state index in [4.69, 9.17) is 0 Å². The monoisotopic (exact) mass is 354 g/mol. The Kier molecular flexibility index (Phi) is 4.05. The van der Waals surface area contributed by atoms with E-state index in [9.17, 15) is 42.4 Å². The van der Waals surface area contributed by atoms with Gasteiger partial charge < -0.3 is 30.3 Å². The van der Waals surface area contributed by atoms with Crippen LogP contribution in [-0.4, -0.2) is 79.0 Å². The van der Waals surface area contributed by atoms with Crippen LogP contribution in [0.4, 0.5) is 0 Å². The molecule has 0 spiro atoms. The second-order valence-corrected chi connectivity index (χ2v) is 6.63. The van der Waals surface area contributed by atoms with E-state index in [0.29, 0.717) is 0 Å². The van der Waals surface area contributed by atoms with E-state index >= 15 is 0 Å². The molecule has 5 N–H and O–H groups in total. The number of ether oxygens (including phenoxy) is 1. The van der Waals surface area contributed by atoms with Crippen molar-refractivity contribution in [2.45, 2.75) is 36.7 Å². The summed E-state index contributed by atoms with van der Waals surface area (Å²) in [5, 5.41) is 47.8. The third-order valence-corrected chi connectivity index (χ3v) is 4.86. The lowest BCUT2D eigenvalue weighted by Gasteiger charge is -2.45. The molecule has 0 aromatic carbocycles. The highest BCUT2D eigenvalue weighted by Gasteiger charge is 2.61. The number of aliphatic hydroxyl groups excluding tert-OH is 4. The lowest BCUT2D eigenvalue weighted by atomic mass is 9.95. The molecule has 3 aliphatic rings. The standard InChI is InChI=1S/C6H10O13S2/c7-1-2-4(9)17-20(12,13)19-21(14,15)18-6(11,3(1)8)5(10)16-2/h1-5,7-11H/t1-,2-,3-,4?,5-,6+/m0/s1. The van der Waals surface area contributed by atoms with Crippen molar-refractivity contribution in [1.29, 1.82) is 0 Å². The molecule has 3 saturated heterocycles. The number of hydrogen-bond acceptors (Lipinski definition) is 13. The first kappa shape index (κ1) is 16.9. The zero-order chi connectivity index (χ0) is 16.2. The van der Waals surface area contributed by atoms with Crippen LogP contribution in [0.15, 0.2) is 0 Å². The van der Waals surface area contributed by atoms with Gasteiger partial charge in [0.2, 0.25) is 12.6 Å². The van der Waals surface area contributed by atoms with Crippen molar-refractivity contribution < 1.29 is 59.1 Å². The predicted molar refractivity (Wildman–Crippen MR) is 54.9 cm³/mol. The van der Waals surface area contributed by atoms with E-state index in [-0.39, 0.29) is 0 Å². The second-order valence-electron chi connectivity index (χ2n) is 4.10. The third-order valence-electron chi connectivity index (χ3n) is 2.62. The summed E-state index contributed by atoms with van der Waals surface area (Å²) >= 11 is 0. The van der Waals surface area contributed by atoms with Crippen molar-refractivity contribution in [3.05, 3.63) is 0 Å². The molecule has 0 saturated carbocycles. The van der Waals surface area contributed by atoms with Gasteiger partial charge in [-0.1, -0.05) is 0 Å². The van der Waals surface area contributed by atoms with Crippen molar-refractivity contribution in [2.75, 3.05) is 0 Å². The van der Waals surface area contributed by atoms with Crippen molar-refractivity contribution in [3.8, 4) is 0 Å². The number of hydrogen-bond donors (Lipinski definition) is 5. The third kappa shape index (κ3) is 3.03. The van der Waals surface area contributed by atoms with E-state index in [1.165, 1.54) is 0 Å². The molecule has 15 heteroatoms. The maximum atomic E-state index is 11.3. The van der Waals surface area contributed by atoms with Gasteiger partial charge in [0, 0.05) is 0 Å². The van der Waals surface area contributed by atoms with Crippen LogP contribution in [0.5, 0.6) is 0 Å². The van der Waals surface area contributed by atoms with Crippen LogP contribution in [0.3, 0.4) is 0 Å². The lowest BCUT2D eigenvalue weighted by molar-refractivity contribution is -0.398. The Morgan fingerprint density at radius 2 is 1.52 bits per heavy atom. The topological polar surface area (TPSA) is 206 Å². The van der Waals surface area contributed by atoms with Gasteiger partial charge in [0.15, 0.2) is 0 Å². The quantitative estimate of drug-likeness (QED) is 0.276. The smallest absolute Gasteiger partial charge is 0.387 e. The fraction of sp³-hybridized carbons (Fsp3) is 1.00. The summed E-state index contributed by atoms with van der Waals surface area (Å²) in [5.41, 5.74) is 0. The van der Waals surface area contributed by atoms with Crippen LogP contribution in [0.2, 0.25) is 0 Å². The zero-order valence-corrected chi connectivity index (χ0v) is 11.3. The predicted octanol–water partition coefficient (Wildman–Crippen LogP) is -5.01. The first-order valence-corrected chi connectivity index (χ1v) is 7.74. The van der Waals surface area contributed by atoms with Crippen molar-refractivity contribution in [1.82, 2.24) is 0 Å². The SMILES string of the molecule is O=S1(=O)OC(O)[C@H]2O[C@H](O)[C@](O)(OS(=O)(=O)O1)[C@@H](O)[C@H]2O. The molecule has 13 nitrogen and oxygen atoms in total. The lowest BCUT2D eigenvalue weighted by Crippen LogP contribution is -2.70. The average Bonchev–Trinajstić information content (AvgIpc) is 2.27. The summed E-state index contributed by atoms with van der Waals surface area (Å²) in [5.74, 6) is -3.48. The highest BCUT2D eigenvalue weighted by Crippen LogP contribution is 2.34. The minimum absolute atomic E-state index is 2.07. The van der Waals surface area contributed by atoms with E-state index < -0.39 is 57.5 Å². The fourth-order valence-corrected chi connectivity index (χ4v) is 3.61. The first-order chi connectivity index (χ1) is 9.38. The molecule has 0 amide bonds. The van der Waals surface area contributed by atoms with Crippen LogP contribution in [0.25, 0.3) is 0 Å². The Bertz CT molecular complexity index is 609. The van der Waals surface area contributed by atoms with E-state index in [1.807, 2.05) is 0 Å². The molecule has 0 aromatic rings. The normalized spacial score (nSPS) is 49.7. The van der Waals surface area contributed by atoms with Crippen molar-refractivity contribution in [2.24, 2.45) is 0 Å². The van der Waals surface area contributed by atoms with Gasteiger partial charge in [-0.3, -0.25) is 0 Å². The second kappa shape index (κ2) is 5.03. The van der Waals surface area contributed by atoms with Crippen molar-refractivity contribution in [3.63, 3.8) is 0 Å². The van der Waals surface area contributed by atoms with Crippen LogP contribution >= 0.6 is 0 Å². The highest BCUT2D eigenvalue weighted by molar-refractivity contribution is 7.95. The molecule has 1 unspecified atom stereocenters. The van der Waals surface area contributed by atoms with Crippen LogP contribution in [0.1, 0.15) is 0 Å². The first-order valence-electron chi connectivity index (χ1n) is 5.08. The number of rotatable bonds is 0. The van der Waals surface area contributed by atoms with Gasteiger partial charge in [-0.2, -0.15) is 16.8 Å². The number of fused-ring (bicyclic) bond motifs is 7. The molecule has 2 bridgehead atoms. The van der Waals surface area contributed by atoms with E-state index in [2.05, 4.69) is 16.7 Å². The average molecular weight is 354 g/mol. The maximum Gasteiger partial charge on any atom is 0.419 e. The summed E-state index contributed by atoms with van der Waals surface area (Å²) in [6, 6.07) is 0. The molecule has 3 heterocycles. The summed E-state index contributed by atoms with van der Waals surface area (Å²) in [4.78, 5) is 0. The Balaban J connectivity index is 2.55. The molecule has 3 fully saturated rings. The Labute approximate surface area is 117 Å². The largest absolute Gasteiger partial charge is 0.419 e. The van der Waals surface area contributed by atoms with Gasteiger partial charge in [-0.25, -0.2) is 8.37 Å².